The van der Waals surface area contributed by atoms with Crippen molar-refractivity contribution in [1.29, 1.82) is 0 Å². The van der Waals surface area contributed by atoms with Crippen LogP contribution in [0.1, 0.15) is 34.3 Å². The number of Topliss-reactive ketones (excluding diaryl/α,β-unsaturated/α-hetero) is 1. The Morgan fingerprint density at radius 3 is 2.56 bits per heavy atom. The first kappa shape index (κ1) is 28.3. The number of amides is 1. The molecule has 1 fully saturated rings. The van der Waals surface area contributed by atoms with E-state index >= 15 is 0 Å². The van der Waals surface area contributed by atoms with Crippen LogP contribution in [0.3, 0.4) is 0 Å². The number of halogens is 5. The topological polar surface area (TPSA) is 92.4 Å². The first-order valence-corrected chi connectivity index (χ1v) is 12.3. The van der Waals surface area contributed by atoms with Crippen molar-refractivity contribution in [2.24, 2.45) is 5.41 Å². The molecule has 1 aliphatic rings. The normalized spacial score (nSPS) is 17.1. The number of hydrogen-bond acceptors (Lipinski definition) is 6. The molecule has 1 saturated heterocycles. The van der Waals surface area contributed by atoms with E-state index < -0.39 is 28.9 Å². The van der Waals surface area contributed by atoms with Crippen LogP contribution in [0.5, 0.6) is 0 Å². The SMILES string of the molecule is CNc1cncc(C(=O)C[C@@]2(C(=O)NCc3ccc(Nc4ccc(Cl)cc4C(F)(F)F)cc3F)CCOC2)c1. The molecule has 0 radical (unpaired) electrons. The van der Waals surface area contributed by atoms with Gasteiger partial charge in [-0.1, -0.05) is 17.7 Å². The molecule has 1 atom stereocenters. The summed E-state index contributed by atoms with van der Waals surface area (Å²) in [4.78, 5) is 30.2. The maximum absolute atomic E-state index is 14.9. The van der Waals surface area contributed by atoms with E-state index in [2.05, 4.69) is 20.9 Å². The number of pyridine rings is 1. The van der Waals surface area contributed by atoms with E-state index in [0.29, 0.717) is 24.3 Å². The highest BCUT2D eigenvalue weighted by atomic mass is 35.5. The number of alkyl halides is 3. The molecule has 1 aromatic heterocycles. The van der Waals surface area contributed by atoms with Crippen molar-refractivity contribution >= 4 is 40.4 Å². The van der Waals surface area contributed by atoms with Crippen molar-refractivity contribution in [3.8, 4) is 0 Å². The number of benzene rings is 2. The predicted molar refractivity (Wildman–Crippen MR) is 139 cm³/mol. The van der Waals surface area contributed by atoms with Crippen LogP contribution in [0.4, 0.5) is 34.6 Å². The molecule has 3 N–H and O–H groups in total. The third-order valence-electron chi connectivity index (χ3n) is 6.49. The van der Waals surface area contributed by atoms with Gasteiger partial charge in [-0.25, -0.2) is 4.39 Å². The van der Waals surface area contributed by atoms with Crippen LogP contribution >= 0.6 is 11.6 Å². The molecule has 1 aliphatic heterocycles. The molecule has 0 spiro atoms. The van der Waals surface area contributed by atoms with E-state index in [1.807, 2.05) is 0 Å². The van der Waals surface area contributed by atoms with Gasteiger partial charge in [0.15, 0.2) is 5.78 Å². The second-order valence-corrected chi connectivity index (χ2v) is 9.63. The highest BCUT2D eigenvalue weighted by molar-refractivity contribution is 6.30. The van der Waals surface area contributed by atoms with Gasteiger partial charge in [-0.3, -0.25) is 14.6 Å². The van der Waals surface area contributed by atoms with Crippen LogP contribution in [-0.4, -0.2) is 36.9 Å². The van der Waals surface area contributed by atoms with E-state index in [0.717, 1.165) is 18.2 Å². The second kappa shape index (κ2) is 11.6. The number of rotatable bonds is 9. The molecule has 1 amide bonds. The molecular weight excluding hydrogens is 540 g/mol. The van der Waals surface area contributed by atoms with E-state index in [1.165, 1.54) is 24.4 Å². The third-order valence-corrected chi connectivity index (χ3v) is 6.73. The van der Waals surface area contributed by atoms with Crippen molar-refractivity contribution in [2.45, 2.75) is 25.6 Å². The quantitative estimate of drug-likeness (QED) is 0.219. The molecule has 0 saturated carbocycles. The molecule has 0 unspecified atom stereocenters. The highest BCUT2D eigenvalue weighted by Gasteiger charge is 2.44. The smallest absolute Gasteiger partial charge is 0.387 e. The fourth-order valence-electron chi connectivity index (χ4n) is 4.29. The van der Waals surface area contributed by atoms with Crippen LogP contribution in [0.25, 0.3) is 0 Å². The number of ketones is 1. The Hall–Kier alpha value is -3.70. The van der Waals surface area contributed by atoms with Crippen molar-refractivity contribution in [1.82, 2.24) is 10.3 Å². The minimum Gasteiger partial charge on any atom is -0.387 e. The average Bonchev–Trinajstić information content (AvgIpc) is 3.38. The van der Waals surface area contributed by atoms with Crippen LogP contribution in [-0.2, 0) is 22.3 Å². The van der Waals surface area contributed by atoms with Gasteiger partial charge in [-0.2, -0.15) is 13.2 Å². The summed E-state index contributed by atoms with van der Waals surface area (Å²) in [6, 6.07) is 8.68. The Kier molecular flexibility index (Phi) is 8.41. The summed E-state index contributed by atoms with van der Waals surface area (Å²) in [7, 11) is 1.70. The van der Waals surface area contributed by atoms with Crippen LogP contribution in [0.2, 0.25) is 5.02 Å². The average molecular weight is 565 g/mol. The fraction of sp³-hybridized carbons (Fsp3) is 0.296. The van der Waals surface area contributed by atoms with Gasteiger partial charge in [0.1, 0.15) is 5.82 Å². The van der Waals surface area contributed by atoms with Crippen LogP contribution in [0.15, 0.2) is 54.9 Å². The van der Waals surface area contributed by atoms with Crippen molar-refractivity contribution < 1.29 is 31.9 Å². The van der Waals surface area contributed by atoms with Crippen molar-refractivity contribution in [2.75, 3.05) is 30.9 Å². The summed E-state index contributed by atoms with van der Waals surface area (Å²) >= 11 is 5.71. The van der Waals surface area contributed by atoms with E-state index in [-0.39, 0.29) is 47.3 Å². The van der Waals surface area contributed by atoms with Gasteiger partial charge in [0.2, 0.25) is 5.91 Å². The second-order valence-electron chi connectivity index (χ2n) is 9.20. The molecule has 0 aliphatic carbocycles. The van der Waals surface area contributed by atoms with E-state index in [1.54, 1.807) is 19.3 Å². The largest absolute Gasteiger partial charge is 0.418 e. The molecule has 7 nitrogen and oxygen atoms in total. The van der Waals surface area contributed by atoms with Gasteiger partial charge >= 0.3 is 6.18 Å². The van der Waals surface area contributed by atoms with Gasteiger partial charge in [0, 0.05) is 60.9 Å². The maximum Gasteiger partial charge on any atom is 0.418 e. The molecule has 206 valence electrons. The standard InChI is InChI=1S/C27H25ClF4N4O3/c1-33-20-8-17(12-34-14-20)24(37)11-26(6-7-39-15-26)25(38)35-13-16-2-4-19(10-22(16)29)36-23-5-3-18(28)9-21(23)27(30,31)32/h2-5,8-10,12,14,33,36H,6-7,11,13,15H2,1H3,(H,35,38)/t26-/m0/s1. The summed E-state index contributed by atoms with van der Waals surface area (Å²) in [6.45, 7) is 0.152. The zero-order valence-electron chi connectivity index (χ0n) is 20.8. The molecule has 39 heavy (non-hydrogen) atoms. The van der Waals surface area contributed by atoms with Gasteiger partial charge in [-0.05, 0) is 42.8 Å². The Morgan fingerprint density at radius 2 is 1.90 bits per heavy atom. The minimum atomic E-state index is -4.66. The van der Waals surface area contributed by atoms with E-state index in [4.69, 9.17) is 16.3 Å². The number of ether oxygens (including phenoxy) is 1. The monoisotopic (exact) mass is 564 g/mol. The van der Waals surface area contributed by atoms with Crippen LogP contribution < -0.4 is 16.0 Å². The zero-order chi connectivity index (χ0) is 28.2. The third kappa shape index (κ3) is 6.66. The molecule has 0 bridgehead atoms. The summed E-state index contributed by atoms with van der Waals surface area (Å²) < 4.78 is 60.4. The lowest BCUT2D eigenvalue weighted by Gasteiger charge is -2.25. The lowest BCUT2D eigenvalue weighted by molar-refractivity contribution is -0.137. The van der Waals surface area contributed by atoms with Gasteiger partial charge < -0.3 is 20.7 Å². The fourth-order valence-corrected chi connectivity index (χ4v) is 4.46. The lowest BCUT2D eigenvalue weighted by Crippen LogP contribution is -2.42. The number of hydrogen-bond donors (Lipinski definition) is 3. The van der Waals surface area contributed by atoms with Crippen molar-refractivity contribution in [3.05, 3.63) is 82.4 Å². The van der Waals surface area contributed by atoms with Gasteiger partial charge in [0.05, 0.1) is 29.0 Å². The Labute approximate surface area is 226 Å². The minimum absolute atomic E-state index is 0.0394. The summed E-state index contributed by atoms with van der Waals surface area (Å²) in [5.74, 6) is -1.46. The summed E-state index contributed by atoms with van der Waals surface area (Å²) in [5, 5.41) is 8.07. The van der Waals surface area contributed by atoms with E-state index in [9.17, 15) is 27.2 Å². The Balaban J connectivity index is 1.44. The van der Waals surface area contributed by atoms with Gasteiger partial charge in [-0.15, -0.1) is 0 Å². The van der Waals surface area contributed by atoms with Crippen LogP contribution in [0, 0.1) is 11.2 Å². The predicted octanol–water partition coefficient (Wildman–Crippen LogP) is 5.97. The summed E-state index contributed by atoms with van der Waals surface area (Å²) in [6.07, 6.45) is -1.46. The number of nitrogens with one attached hydrogen (secondary N) is 3. The zero-order valence-corrected chi connectivity index (χ0v) is 21.5. The number of carbonyl (C=O) groups excluding carboxylic acids is 2. The number of anilines is 3. The first-order chi connectivity index (χ1) is 18.5. The first-order valence-electron chi connectivity index (χ1n) is 11.9. The Morgan fingerprint density at radius 1 is 1.10 bits per heavy atom. The molecule has 4 rings (SSSR count). The Bertz CT molecular complexity index is 1380. The van der Waals surface area contributed by atoms with Crippen molar-refractivity contribution in [3.63, 3.8) is 0 Å². The molecule has 12 heteroatoms. The number of carbonyl (C=O) groups is 2. The molecule has 3 aromatic rings. The summed E-state index contributed by atoms with van der Waals surface area (Å²) in [5.41, 5.74) is -1.18. The highest BCUT2D eigenvalue weighted by Crippen LogP contribution is 2.38. The molecule has 2 heterocycles. The van der Waals surface area contributed by atoms with Gasteiger partial charge in [0.25, 0.3) is 0 Å². The number of nitrogens with zero attached hydrogens (tertiary/aromatic N) is 1. The molecular formula is C27H25ClF4N4O3. The number of aromatic nitrogens is 1. The lowest BCUT2D eigenvalue weighted by atomic mass is 9.80. The molecule has 2 aromatic carbocycles. The maximum atomic E-state index is 14.9.